The molecule has 3 aromatic rings. The summed E-state index contributed by atoms with van der Waals surface area (Å²) in [4.78, 5) is 9.17. The van der Waals surface area contributed by atoms with E-state index in [-0.39, 0.29) is 0 Å². The predicted octanol–water partition coefficient (Wildman–Crippen LogP) is 4.96. The molecule has 0 saturated carbocycles. The first-order chi connectivity index (χ1) is 14.6. The van der Waals surface area contributed by atoms with E-state index < -0.39 is 0 Å². The van der Waals surface area contributed by atoms with Gasteiger partial charge < -0.3 is 19.5 Å². The third kappa shape index (κ3) is 5.32. The molecule has 0 radical (unpaired) electrons. The maximum atomic E-state index is 9.78. The molecule has 0 aliphatic rings. The second kappa shape index (κ2) is 11.9. The lowest BCUT2D eigenvalue weighted by atomic mass is 10.1. The lowest BCUT2D eigenvalue weighted by molar-refractivity contribution is -0.107. The van der Waals surface area contributed by atoms with Crippen LogP contribution in [0.25, 0.3) is 22.2 Å². The van der Waals surface area contributed by atoms with Gasteiger partial charge in [0.25, 0.3) is 0 Å². The van der Waals surface area contributed by atoms with Gasteiger partial charge in [-0.05, 0) is 36.8 Å². The van der Waals surface area contributed by atoms with E-state index in [2.05, 4.69) is 28.4 Å². The molecule has 2 aromatic carbocycles. The fourth-order valence-corrected chi connectivity index (χ4v) is 3.22. The minimum atomic E-state index is 0.538. The molecule has 0 unspecified atom stereocenters. The largest absolute Gasteiger partial charge is 0.497 e. The number of nitrogens with one attached hydrogen (secondary N) is 2. The van der Waals surface area contributed by atoms with Crippen LogP contribution in [0.5, 0.6) is 5.75 Å². The van der Waals surface area contributed by atoms with Crippen molar-refractivity contribution in [1.29, 1.82) is 5.26 Å². The number of hydrogen-bond acceptors (Lipinski definition) is 5. The number of ether oxygens (including phenoxy) is 1. The molecule has 1 aromatic heterocycles. The van der Waals surface area contributed by atoms with Crippen molar-refractivity contribution in [3.8, 4) is 23.1 Å². The average Bonchev–Trinajstić information content (AvgIpc) is 3.12. The number of carbonyl (C=O) groups is 1. The first kappa shape index (κ1) is 23.3. The highest BCUT2D eigenvalue weighted by atomic mass is 35.5. The summed E-state index contributed by atoms with van der Waals surface area (Å²) >= 11 is 5.66. The van der Waals surface area contributed by atoms with E-state index in [9.17, 15) is 10.1 Å². The van der Waals surface area contributed by atoms with Gasteiger partial charge in [0.2, 0.25) is 0 Å². The number of halogens is 1. The van der Waals surface area contributed by atoms with Crippen LogP contribution in [0.2, 0.25) is 0 Å². The Morgan fingerprint density at radius 3 is 2.43 bits per heavy atom. The Balaban J connectivity index is 0.000000735. The number of aldehydes is 1. The van der Waals surface area contributed by atoms with E-state index in [1.807, 2.05) is 49.4 Å². The summed E-state index contributed by atoms with van der Waals surface area (Å²) in [7, 11) is 1.65. The first-order valence-corrected chi connectivity index (χ1v) is 10.4. The highest BCUT2D eigenvalue weighted by molar-refractivity contribution is 6.18. The van der Waals surface area contributed by atoms with E-state index in [1.54, 1.807) is 7.11 Å². The van der Waals surface area contributed by atoms with Crippen molar-refractivity contribution in [3.05, 3.63) is 48.0 Å². The maximum absolute atomic E-state index is 9.78. The van der Waals surface area contributed by atoms with Crippen LogP contribution in [-0.2, 0) is 11.3 Å². The van der Waals surface area contributed by atoms with E-state index in [0.29, 0.717) is 24.4 Å². The molecular weight excluding hydrogens is 400 g/mol. The Hall–Kier alpha value is -3.01. The summed E-state index contributed by atoms with van der Waals surface area (Å²) in [5.41, 5.74) is 10.7. The summed E-state index contributed by atoms with van der Waals surface area (Å²) in [5.74, 6) is 1.32. The molecule has 0 saturated heterocycles. The summed E-state index contributed by atoms with van der Waals surface area (Å²) < 4.78 is 7.51. The van der Waals surface area contributed by atoms with E-state index in [4.69, 9.17) is 16.3 Å². The van der Waals surface area contributed by atoms with Crippen LogP contribution in [0, 0.1) is 11.3 Å². The second-order valence-electron chi connectivity index (χ2n) is 6.36. The van der Waals surface area contributed by atoms with Gasteiger partial charge in [0.15, 0.2) is 0 Å². The van der Waals surface area contributed by atoms with Gasteiger partial charge in [-0.25, -0.2) is 5.43 Å². The molecule has 30 heavy (non-hydrogen) atoms. The van der Waals surface area contributed by atoms with Crippen molar-refractivity contribution in [2.75, 3.05) is 25.0 Å². The monoisotopic (exact) mass is 426 g/mol. The zero-order valence-corrected chi connectivity index (χ0v) is 18.3. The number of nitriles is 1. The third-order valence-corrected chi connectivity index (χ3v) is 4.67. The number of aromatic nitrogens is 1. The number of aryl methyl sites for hydroxylation is 1. The normalized spacial score (nSPS) is 10.1. The van der Waals surface area contributed by atoms with Crippen LogP contribution >= 0.6 is 11.6 Å². The number of alkyl halides is 1. The third-order valence-electron chi connectivity index (χ3n) is 4.48. The Kier molecular flexibility index (Phi) is 9.20. The first-order valence-electron chi connectivity index (χ1n) is 9.84. The molecule has 1 heterocycles. The van der Waals surface area contributed by atoms with Crippen molar-refractivity contribution in [2.45, 2.75) is 26.8 Å². The fourth-order valence-electron chi connectivity index (χ4n) is 3.12. The van der Waals surface area contributed by atoms with Crippen LogP contribution < -0.4 is 15.6 Å². The number of carbonyl (C=O) groups excluding carboxylic acids is 1. The lowest BCUT2D eigenvalue weighted by Crippen LogP contribution is -2.23. The molecule has 0 atom stereocenters. The maximum Gasteiger partial charge on any atom is 0.120 e. The number of benzene rings is 2. The molecule has 0 fully saturated rings. The molecule has 2 N–H and O–H groups in total. The molecule has 0 aliphatic carbocycles. The number of methoxy groups -OCH3 is 1. The summed E-state index contributed by atoms with van der Waals surface area (Å²) in [6, 6.07) is 16.2. The summed E-state index contributed by atoms with van der Waals surface area (Å²) in [6.45, 7) is 5.33. The van der Waals surface area contributed by atoms with Crippen LogP contribution in [-0.4, -0.2) is 30.4 Å². The van der Waals surface area contributed by atoms with Gasteiger partial charge in [0.05, 0.1) is 23.9 Å². The standard InChI is InChI=1S/C20H21ClN4O.C3H6O/c1-3-25-19-12-16(26-2)8-9-17(19)18(13-22)20(25)14-4-6-15(7-5-14)24-23-11-10-21;1-2-3-4/h4-9,12,23-24H,3,10-11H2,1-2H3;3H,2H2,1H3. The van der Waals surface area contributed by atoms with Crippen LogP contribution in [0.1, 0.15) is 25.8 Å². The van der Waals surface area contributed by atoms with Gasteiger partial charge in [-0.1, -0.05) is 19.1 Å². The summed E-state index contributed by atoms with van der Waals surface area (Å²) in [5, 5.41) is 10.7. The molecule has 6 nitrogen and oxygen atoms in total. The van der Waals surface area contributed by atoms with Crippen molar-refractivity contribution in [2.24, 2.45) is 0 Å². The second-order valence-corrected chi connectivity index (χ2v) is 6.73. The van der Waals surface area contributed by atoms with Gasteiger partial charge in [-0.2, -0.15) is 5.26 Å². The molecule has 0 bridgehead atoms. The SMILES string of the molecule is CCC=O.CCn1c(-c2ccc(NNCCCl)cc2)c(C#N)c2ccc(OC)cc21. The Labute approximate surface area is 182 Å². The highest BCUT2D eigenvalue weighted by Crippen LogP contribution is 2.35. The Morgan fingerprint density at radius 2 is 1.90 bits per heavy atom. The van der Waals surface area contributed by atoms with Crippen LogP contribution in [0.15, 0.2) is 42.5 Å². The van der Waals surface area contributed by atoms with Crippen molar-refractivity contribution < 1.29 is 9.53 Å². The molecule has 0 amide bonds. The molecule has 0 aliphatic heterocycles. The number of anilines is 1. The number of hydrazine groups is 1. The molecule has 158 valence electrons. The van der Waals surface area contributed by atoms with Gasteiger partial charge in [-0.15, -0.1) is 11.6 Å². The van der Waals surface area contributed by atoms with Gasteiger partial charge >= 0.3 is 0 Å². The Morgan fingerprint density at radius 1 is 1.20 bits per heavy atom. The summed E-state index contributed by atoms with van der Waals surface area (Å²) in [6.07, 6.45) is 1.51. The molecule has 3 rings (SSSR count). The Bertz CT molecular complexity index is 1010. The highest BCUT2D eigenvalue weighted by Gasteiger charge is 2.18. The minimum absolute atomic E-state index is 0.538. The van der Waals surface area contributed by atoms with Crippen LogP contribution in [0.3, 0.4) is 0 Å². The number of fused-ring (bicyclic) bond motifs is 1. The molecule has 0 spiro atoms. The van der Waals surface area contributed by atoms with Gasteiger partial charge in [0.1, 0.15) is 18.1 Å². The number of hydrogen-bond donors (Lipinski definition) is 2. The zero-order valence-electron chi connectivity index (χ0n) is 17.5. The number of rotatable bonds is 8. The van der Waals surface area contributed by atoms with E-state index in [0.717, 1.165) is 46.4 Å². The van der Waals surface area contributed by atoms with Crippen molar-refractivity contribution >= 4 is 34.5 Å². The van der Waals surface area contributed by atoms with Gasteiger partial charge in [-0.3, -0.25) is 0 Å². The number of nitrogens with zero attached hydrogens (tertiary/aromatic N) is 2. The van der Waals surface area contributed by atoms with Crippen molar-refractivity contribution in [3.63, 3.8) is 0 Å². The molecular formula is C23H27ClN4O2. The molecule has 7 heteroatoms. The van der Waals surface area contributed by atoms with Crippen molar-refractivity contribution in [1.82, 2.24) is 9.99 Å². The fraction of sp³-hybridized carbons (Fsp3) is 0.304. The van der Waals surface area contributed by atoms with E-state index >= 15 is 0 Å². The average molecular weight is 427 g/mol. The smallest absolute Gasteiger partial charge is 0.120 e. The topological polar surface area (TPSA) is 79.1 Å². The van der Waals surface area contributed by atoms with Crippen LogP contribution in [0.4, 0.5) is 5.69 Å². The quantitative estimate of drug-likeness (QED) is 0.230. The lowest BCUT2D eigenvalue weighted by Gasteiger charge is -2.11. The predicted molar refractivity (Wildman–Crippen MR) is 123 cm³/mol. The zero-order chi connectivity index (χ0) is 21.9. The van der Waals surface area contributed by atoms with E-state index in [1.165, 1.54) is 0 Å². The van der Waals surface area contributed by atoms with Gasteiger partial charge in [0, 0.05) is 42.5 Å². The minimum Gasteiger partial charge on any atom is -0.497 e.